The third kappa shape index (κ3) is 2.93. The van der Waals surface area contributed by atoms with Crippen LogP contribution in [0.5, 0.6) is 0 Å². The van der Waals surface area contributed by atoms with E-state index in [1.807, 2.05) is 0 Å². The summed E-state index contributed by atoms with van der Waals surface area (Å²) in [5, 5.41) is 2.59. The summed E-state index contributed by atoms with van der Waals surface area (Å²) in [6, 6.07) is 3.90. The number of hydrogen-bond donors (Lipinski definition) is 2. The van der Waals surface area contributed by atoms with Crippen molar-refractivity contribution in [2.45, 2.75) is 37.6 Å². The Morgan fingerprint density at radius 3 is 2.68 bits per heavy atom. The Kier molecular flexibility index (Phi) is 4.84. The van der Waals surface area contributed by atoms with E-state index in [-0.39, 0.29) is 5.02 Å². The highest BCUT2D eigenvalue weighted by Crippen LogP contribution is 2.41. The van der Waals surface area contributed by atoms with Crippen LogP contribution in [-0.4, -0.2) is 35.8 Å². The quantitative estimate of drug-likeness (QED) is 0.638. The minimum absolute atomic E-state index is 0.0972. The van der Waals surface area contributed by atoms with Gasteiger partial charge in [0.2, 0.25) is 5.54 Å². The van der Waals surface area contributed by atoms with Crippen molar-refractivity contribution in [3.05, 3.63) is 40.2 Å². The highest BCUT2D eigenvalue weighted by Gasteiger charge is 2.55. The molecule has 2 amide bonds. The van der Waals surface area contributed by atoms with Crippen molar-refractivity contribution in [1.82, 2.24) is 4.90 Å². The Labute approximate surface area is 151 Å². The van der Waals surface area contributed by atoms with E-state index in [1.54, 1.807) is 11.9 Å². The van der Waals surface area contributed by atoms with Gasteiger partial charge < -0.3 is 11.1 Å². The lowest BCUT2D eigenvalue weighted by Gasteiger charge is -2.34. The van der Waals surface area contributed by atoms with Crippen LogP contribution >= 0.6 is 11.6 Å². The van der Waals surface area contributed by atoms with E-state index in [9.17, 15) is 14.0 Å². The molecule has 3 N–H and O–H groups in total. The van der Waals surface area contributed by atoms with Crippen LogP contribution in [0.1, 0.15) is 32.1 Å². The molecule has 0 spiro atoms. The first-order chi connectivity index (χ1) is 11.9. The fraction of sp³-hybridized carbons (Fsp3) is 0.444. The van der Waals surface area contributed by atoms with Gasteiger partial charge in [-0.2, -0.15) is 0 Å². The Morgan fingerprint density at radius 2 is 2.00 bits per heavy atom. The molecule has 1 aliphatic heterocycles. The van der Waals surface area contributed by atoms with Crippen LogP contribution in [0.4, 0.5) is 10.1 Å². The second kappa shape index (κ2) is 6.77. The molecule has 0 saturated carbocycles. The topological polar surface area (TPSA) is 75.4 Å². The van der Waals surface area contributed by atoms with Gasteiger partial charge in [0, 0.05) is 12.2 Å². The molecule has 7 heteroatoms. The van der Waals surface area contributed by atoms with Crippen LogP contribution in [0.3, 0.4) is 0 Å². The van der Waals surface area contributed by atoms with E-state index in [0.29, 0.717) is 18.7 Å². The third-order valence-corrected chi connectivity index (χ3v) is 5.42. The molecule has 5 nitrogen and oxygen atoms in total. The number of benzene rings is 1. The summed E-state index contributed by atoms with van der Waals surface area (Å²) in [4.78, 5) is 27.3. The average molecular weight is 366 g/mol. The van der Waals surface area contributed by atoms with Crippen LogP contribution in [0.25, 0.3) is 0 Å². The van der Waals surface area contributed by atoms with Crippen LogP contribution < -0.4 is 11.1 Å². The van der Waals surface area contributed by atoms with Crippen molar-refractivity contribution in [3.8, 4) is 0 Å². The highest BCUT2D eigenvalue weighted by molar-refractivity contribution is 6.31. The molecule has 1 atom stereocenters. The van der Waals surface area contributed by atoms with Gasteiger partial charge in [-0.1, -0.05) is 23.6 Å². The van der Waals surface area contributed by atoms with Gasteiger partial charge in [-0.15, -0.1) is 0 Å². The van der Waals surface area contributed by atoms with E-state index >= 15 is 0 Å². The van der Waals surface area contributed by atoms with Gasteiger partial charge in [0.05, 0.1) is 5.02 Å². The molecule has 0 aromatic heterocycles. The van der Waals surface area contributed by atoms with Crippen LogP contribution in [0.15, 0.2) is 29.3 Å². The molecule has 0 saturated heterocycles. The molecule has 0 bridgehead atoms. The van der Waals surface area contributed by atoms with E-state index in [2.05, 4.69) is 5.32 Å². The molecule has 1 aromatic carbocycles. The molecule has 1 heterocycles. The molecule has 0 fully saturated rings. The van der Waals surface area contributed by atoms with E-state index in [4.69, 9.17) is 17.3 Å². The first-order valence-corrected chi connectivity index (χ1v) is 8.74. The number of primary amides is 1. The van der Waals surface area contributed by atoms with Gasteiger partial charge in [0.1, 0.15) is 5.82 Å². The molecule has 25 heavy (non-hydrogen) atoms. The predicted molar refractivity (Wildman–Crippen MR) is 94.7 cm³/mol. The number of nitrogens with two attached hydrogens (primary N) is 1. The Bertz CT molecular complexity index is 765. The first kappa shape index (κ1) is 17.9. The summed E-state index contributed by atoms with van der Waals surface area (Å²) in [5.74, 6) is -1.78. The maximum absolute atomic E-state index is 13.3. The monoisotopic (exact) mass is 365 g/mol. The number of carbonyl (C=O) groups excluding carboxylic acids is 2. The van der Waals surface area contributed by atoms with Crippen molar-refractivity contribution >= 4 is 29.1 Å². The molecular weight excluding hydrogens is 345 g/mol. The number of hydrogen-bond acceptors (Lipinski definition) is 3. The molecular formula is C18H21ClFN3O2. The van der Waals surface area contributed by atoms with Gasteiger partial charge in [-0.05, 0) is 56.5 Å². The zero-order valence-electron chi connectivity index (χ0n) is 14.1. The first-order valence-electron chi connectivity index (χ1n) is 8.36. The molecule has 134 valence electrons. The zero-order chi connectivity index (χ0) is 18.2. The van der Waals surface area contributed by atoms with E-state index in [0.717, 1.165) is 36.8 Å². The summed E-state index contributed by atoms with van der Waals surface area (Å²) in [6.07, 6.45) is 4.61. The second-order valence-corrected chi connectivity index (χ2v) is 7.06. The van der Waals surface area contributed by atoms with Crippen molar-refractivity contribution in [3.63, 3.8) is 0 Å². The smallest absolute Gasteiger partial charge is 0.259 e. The number of amides is 2. The maximum Gasteiger partial charge on any atom is 0.259 e. The maximum atomic E-state index is 13.3. The molecule has 1 aromatic rings. The predicted octanol–water partition coefficient (Wildman–Crippen LogP) is 2.85. The number of nitrogens with one attached hydrogen (secondary N) is 1. The van der Waals surface area contributed by atoms with Crippen LogP contribution in [0, 0.1) is 5.82 Å². The van der Waals surface area contributed by atoms with Crippen molar-refractivity contribution in [2.75, 3.05) is 18.9 Å². The van der Waals surface area contributed by atoms with Crippen molar-refractivity contribution < 1.29 is 14.0 Å². The minimum Gasteiger partial charge on any atom is -0.367 e. The lowest BCUT2D eigenvalue weighted by Crippen LogP contribution is -2.62. The van der Waals surface area contributed by atoms with Gasteiger partial charge in [-0.25, -0.2) is 4.39 Å². The lowest BCUT2D eigenvalue weighted by molar-refractivity contribution is -0.136. The van der Waals surface area contributed by atoms with E-state index < -0.39 is 23.2 Å². The van der Waals surface area contributed by atoms with Crippen LogP contribution in [-0.2, 0) is 9.59 Å². The Morgan fingerprint density at radius 1 is 1.28 bits per heavy atom. The average Bonchev–Trinajstić information content (AvgIpc) is 2.69. The Balaban J connectivity index is 1.99. The molecule has 1 unspecified atom stereocenters. The highest BCUT2D eigenvalue weighted by atomic mass is 35.5. The largest absolute Gasteiger partial charge is 0.367 e. The molecule has 0 radical (unpaired) electrons. The summed E-state index contributed by atoms with van der Waals surface area (Å²) in [7, 11) is 1.73. The molecule has 1 aliphatic carbocycles. The Hall–Kier alpha value is -1.92. The fourth-order valence-electron chi connectivity index (χ4n) is 3.95. The zero-order valence-corrected chi connectivity index (χ0v) is 14.8. The van der Waals surface area contributed by atoms with Crippen LogP contribution in [0.2, 0.25) is 5.02 Å². The van der Waals surface area contributed by atoms with E-state index in [1.165, 1.54) is 18.2 Å². The molecule has 2 aliphatic rings. The minimum atomic E-state index is -1.50. The second-order valence-electron chi connectivity index (χ2n) is 6.66. The summed E-state index contributed by atoms with van der Waals surface area (Å²) in [5.41, 5.74) is 6.51. The van der Waals surface area contributed by atoms with Crippen molar-refractivity contribution in [1.29, 1.82) is 0 Å². The number of carbonyl (C=O) groups is 2. The lowest BCUT2D eigenvalue weighted by atomic mass is 9.84. The normalized spacial score (nSPS) is 24.0. The number of nitrogens with zero attached hydrogens (tertiary/aromatic N) is 1. The summed E-state index contributed by atoms with van der Waals surface area (Å²) in [6.45, 7) is 0.551. The number of halogens is 2. The van der Waals surface area contributed by atoms with Crippen molar-refractivity contribution in [2.24, 2.45) is 5.73 Å². The van der Waals surface area contributed by atoms with Gasteiger partial charge >= 0.3 is 0 Å². The third-order valence-electron chi connectivity index (χ3n) is 5.13. The number of anilines is 1. The van der Waals surface area contributed by atoms with Gasteiger partial charge in [0.25, 0.3) is 11.8 Å². The van der Waals surface area contributed by atoms with Gasteiger partial charge in [-0.3, -0.25) is 14.5 Å². The summed E-state index contributed by atoms with van der Waals surface area (Å²) >= 11 is 5.78. The number of rotatable bonds is 3. The summed E-state index contributed by atoms with van der Waals surface area (Å²) < 4.78 is 13.3. The molecule has 3 rings (SSSR count). The number of likely N-dealkylation sites (N-methyl/N-ethyl adjacent to an activating group) is 1. The standard InChI is InChI=1S/C18H21ClFN3O2/c1-23-10-11-5-3-2-4-6-13(11)18(23,16(21)24)17(25)22-12-7-8-15(20)14(19)9-12/h7-9H,2-6,10H2,1H3,(H2,21,24)(H,22,25). The SMILES string of the molecule is CN1CC2=C(CCCCC2)C1(C(N)=O)C(=O)Nc1ccc(F)c(Cl)c1. The fourth-order valence-corrected chi connectivity index (χ4v) is 4.13. The van der Waals surface area contributed by atoms with Gasteiger partial charge in [0.15, 0.2) is 0 Å².